The summed E-state index contributed by atoms with van der Waals surface area (Å²) in [5.41, 5.74) is 6.78. The summed E-state index contributed by atoms with van der Waals surface area (Å²) in [4.78, 5) is 12.0. The van der Waals surface area contributed by atoms with Gasteiger partial charge in [-0.25, -0.2) is 0 Å². The molecule has 0 fully saturated rings. The topological polar surface area (TPSA) is 64.3 Å². The Morgan fingerprint density at radius 2 is 2.25 bits per heavy atom. The van der Waals surface area contributed by atoms with Gasteiger partial charge in [-0.1, -0.05) is 23.8 Å². The summed E-state index contributed by atoms with van der Waals surface area (Å²) in [6.45, 7) is 2.09. The molecule has 86 valence electrons. The summed E-state index contributed by atoms with van der Waals surface area (Å²) in [7, 11) is 1.52. The van der Waals surface area contributed by atoms with E-state index in [0.717, 1.165) is 5.56 Å². The lowest BCUT2D eigenvalue weighted by Gasteiger charge is -2.09. The smallest absolute Gasteiger partial charge is 0.255 e. The molecule has 1 aromatic rings. The molecule has 0 aliphatic heterocycles. The van der Waals surface area contributed by atoms with Gasteiger partial charge in [0.15, 0.2) is 0 Å². The summed E-state index contributed by atoms with van der Waals surface area (Å²) in [5, 5.41) is 2.62. The Bertz CT molecular complexity index is 418. The Balaban J connectivity index is 2.88. The average Bonchev–Trinajstić information content (AvgIpc) is 2.25. The van der Waals surface area contributed by atoms with Gasteiger partial charge in [-0.2, -0.15) is 0 Å². The molecule has 1 rings (SSSR count). The maximum atomic E-state index is 11.8. The molecule has 5 heteroatoms. The van der Waals surface area contributed by atoms with Gasteiger partial charge in [-0.05, 0) is 19.1 Å². The lowest BCUT2D eigenvalue weighted by molar-refractivity contribution is 0.0956. The second-order valence-electron chi connectivity index (χ2n) is 3.35. The summed E-state index contributed by atoms with van der Waals surface area (Å²) >= 11 is 4.68. The molecule has 1 amide bonds. The molecule has 4 nitrogen and oxygen atoms in total. The zero-order chi connectivity index (χ0) is 12.1. The quantitative estimate of drug-likeness (QED) is 0.769. The van der Waals surface area contributed by atoms with Crippen molar-refractivity contribution < 1.29 is 9.53 Å². The number of ether oxygens (including phenoxy) is 1. The van der Waals surface area contributed by atoms with Gasteiger partial charge in [-0.15, -0.1) is 0 Å². The van der Waals surface area contributed by atoms with Crippen LogP contribution in [0, 0.1) is 6.92 Å². The molecule has 0 unspecified atom stereocenters. The van der Waals surface area contributed by atoms with Crippen molar-refractivity contribution in [3.63, 3.8) is 0 Å². The Morgan fingerprint density at radius 3 is 2.81 bits per heavy atom. The number of hydrogen-bond acceptors (Lipinski definition) is 3. The first-order chi connectivity index (χ1) is 7.54. The van der Waals surface area contributed by atoms with Gasteiger partial charge in [0, 0.05) is 0 Å². The molecule has 0 aromatic heterocycles. The van der Waals surface area contributed by atoms with Crippen LogP contribution < -0.4 is 15.8 Å². The maximum absolute atomic E-state index is 11.8. The highest BCUT2D eigenvalue weighted by atomic mass is 32.1. The maximum Gasteiger partial charge on any atom is 0.255 e. The van der Waals surface area contributed by atoms with Crippen molar-refractivity contribution >= 4 is 23.1 Å². The Morgan fingerprint density at radius 1 is 1.56 bits per heavy atom. The van der Waals surface area contributed by atoms with Crippen LogP contribution in [0.15, 0.2) is 18.2 Å². The first-order valence-electron chi connectivity index (χ1n) is 4.75. The number of amides is 1. The first kappa shape index (κ1) is 12.4. The van der Waals surface area contributed by atoms with Crippen LogP contribution in [0.25, 0.3) is 0 Å². The molecule has 16 heavy (non-hydrogen) atoms. The molecule has 0 bridgehead atoms. The third kappa shape index (κ3) is 3.20. The Kier molecular flexibility index (Phi) is 4.25. The van der Waals surface area contributed by atoms with Gasteiger partial charge >= 0.3 is 0 Å². The van der Waals surface area contributed by atoms with E-state index >= 15 is 0 Å². The van der Waals surface area contributed by atoms with E-state index in [1.807, 2.05) is 13.0 Å². The van der Waals surface area contributed by atoms with Crippen molar-refractivity contribution in [3.8, 4) is 5.75 Å². The highest BCUT2D eigenvalue weighted by molar-refractivity contribution is 7.80. The SMILES string of the molecule is COc1ccc(C)cc1C(=O)NCC(N)=S. The summed E-state index contributed by atoms with van der Waals surface area (Å²) in [6.07, 6.45) is 0. The van der Waals surface area contributed by atoms with Crippen molar-refractivity contribution in [2.75, 3.05) is 13.7 Å². The number of nitrogens with one attached hydrogen (secondary N) is 1. The van der Waals surface area contributed by atoms with Crippen molar-refractivity contribution in [1.82, 2.24) is 5.32 Å². The van der Waals surface area contributed by atoms with Crippen molar-refractivity contribution in [2.45, 2.75) is 6.92 Å². The van der Waals surface area contributed by atoms with Crippen LogP contribution in [0.4, 0.5) is 0 Å². The fraction of sp³-hybridized carbons (Fsp3) is 0.273. The standard InChI is InChI=1S/C11H14N2O2S/c1-7-3-4-9(15-2)8(5-7)11(14)13-6-10(12)16/h3-5H,6H2,1-2H3,(H2,12,16)(H,13,14). The number of aryl methyl sites for hydroxylation is 1. The number of hydrogen-bond donors (Lipinski definition) is 2. The van der Waals surface area contributed by atoms with Crippen molar-refractivity contribution in [3.05, 3.63) is 29.3 Å². The van der Waals surface area contributed by atoms with E-state index in [9.17, 15) is 4.79 Å². The van der Waals surface area contributed by atoms with Crippen LogP contribution >= 0.6 is 12.2 Å². The van der Waals surface area contributed by atoms with Crippen LogP contribution in [0.1, 0.15) is 15.9 Å². The van der Waals surface area contributed by atoms with Gasteiger partial charge in [0.2, 0.25) is 0 Å². The van der Waals surface area contributed by atoms with E-state index in [1.165, 1.54) is 7.11 Å². The zero-order valence-electron chi connectivity index (χ0n) is 9.24. The number of rotatable bonds is 4. The van der Waals surface area contributed by atoms with E-state index in [4.69, 9.17) is 10.5 Å². The van der Waals surface area contributed by atoms with E-state index in [1.54, 1.807) is 12.1 Å². The fourth-order valence-corrected chi connectivity index (χ4v) is 1.33. The third-order valence-corrected chi connectivity index (χ3v) is 2.17. The van der Waals surface area contributed by atoms with Crippen LogP contribution in [0.2, 0.25) is 0 Å². The first-order valence-corrected chi connectivity index (χ1v) is 5.16. The van der Waals surface area contributed by atoms with Crippen molar-refractivity contribution in [1.29, 1.82) is 0 Å². The molecular formula is C11H14N2O2S. The molecule has 1 aromatic carbocycles. The minimum Gasteiger partial charge on any atom is -0.496 e. The molecule has 0 aliphatic carbocycles. The number of methoxy groups -OCH3 is 1. The molecule has 0 atom stereocenters. The highest BCUT2D eigenvalue weighted by Gasteiger charge is 2.11. The minimum atomic E-state index is -0.242. The number of thiocarbonyl (C=S) groups is 1. The molecule has 0 spiro atoms. The second-order valence-corrected chi connectivity index (χ2v) is 3.88. The second kappa shape index (κ2) is 5.46. The van der Waals surface area contributed by atoms with Crippen LogP contribution in [0.5, 0.6) is 5.75 Å². The van der Waals surface area contributed by atoms with Gasteiger partial charge in [0.25, 0.3) is 5.91 Å². The lowest BCUT2D eigenvalue weighted by atomic mass is 10.1. The van der Waals surface area contributed by atoms with Crippen LogP contribution in [0.3, 0.4) is 0 Å². The fourth-order valence-electron chi connectivity index (χ4n) is 1.26. The molecule has 0 radical (unpaired) electrons. The zero-order valence-corrected chi connectivity index (χ0v) is 10.1. The largest absolute Gasteiger partial charge is 0.496 e. The molecule has 0 saturated carbocycles. The summed E-state index contributed by atoms with van der Waals surface area (Å²) < 4.78 is 5.10. The number of carbonyl (C=O) groups is 1. The van der Waals surface area contributed by atoms with Gasteiger partial charge in [-0.3, -0.25) is 4.79 Å². The van der Waals surface area contributed by atoms with E-state index in [0.29, 0.717) is 11.3 Å². The average molecular weight is 238 g/mol. The monoisotopic (exact) mass is 238 g/mol. The van der Waals surface area contributed by atoms with Gasteiger partial charge in [0.1, 0.15) is 5.75 Å². The van der Waals surface area contributed by atoms with Gasteiger partial charge in [0.05, 0.1) is 24.2 Å². The number of carbonyl (C=O) groups excluding carboxylic acids is 1. The highest BCUT2D eigenvalue weighted by Crippen LogP contribution is 2.19. The molecule has 3 N–H and O–H groups in total. The predicted octanol–water partition coefficient (Wildman–Crippen LogP) is 1.02. The lowest BCUT2D eigenvalue weighted by Crippen LogP contribution is -2.32. The van der Waals surface area contributed by atoms with E-state index < -0.39 is 0 Å². The van der Waals surface area contributed by atoms with Crippen LogP contribution in [-0.2, 0) is 0 Å². The van der Waals surface area contributed by atoms with Gasteiger partial charge < -0.3 is 15.8 Å². The minimum absolute atomic E-state index is 0.186. The van der Waals surface area contributed by atoms with Crippen LogP contribution in [-0.4, -0.2) is 24.6 Å². The summed E-state index contributed by atoms with van der Waals surface area (Å²) in [5.74, 6) is 0.291. The summed E-state index contributed by atoms with van der Waals surface area (Å²) in [6, 6.07) is 5.39. The predicted molar refractivity (Wildman–Crippen MR) is 66.8 cm³/mol. The number of nitrogens with two attached hydrogens (primary N) is 1. The Labute approximate surface area is 99.8 Å². The molecular weight excluding hydrogens is 224 g/mol. The normalized spacial score (nSPS) is 9.62. The van der Waals surface area contributed by atoms with E-state index in [2.05, 4.69) is 17.5 Å². The molecule has 0 saturated heterocycles. The van der Waals surface area contributed by atoms with Crippen molar-refractivity contribution in [2.24, 2.45) is 5.73 Å². The molecule has 0 aliphatic rings. The number of benzene rings is 1. The Hall–Kier alpha value is -1.62. The van der Waals surface area contributed by atoms with E-state index in [-0.39, 0.29) is 17.4 Å². The molecule has 0 heterocycles. The third-order valence-electron chi connectivity index (χ3n) is 2.02.